The summed E-state index contributed by atoms with van der Waals surface area (Å²) in [5.41, 5.74) is 22.0. The third-order valence-electron chi connectivity index (χ3n) is 5.29. The minimum atomic E-state index is -1.47. The molecule has 15 heteroatoms. The van der Waals surface area contributed by atoms with E-state index >= 15 is 0 Å². The highest BCUT2D eigenvalue weighted by molar-refractivity contribution is 5.85. The summed E-state index contributed by atoms with van der Waals surface area (Å²) in [7, 11) is 0. The molecule has 0 radical (unpaired) electrons. The molecule has 1 aliphatic rings. The molecule has 0 spiro atoms. The second-order valence-electron chi connectivity index (χ2n) is 8.07. The fraction of sp³-hybridized carbons (Fsp3) is 0.700. The van der Waals surface area contributed by atoms with Gasteiger partial charge in [0.05, 0.1) is 12.1 Å². The maximum atomic E-state index is 13.1. The van der Waals surface area contributed by atoms with Crippen LogP contribution in [-0.4, -0.2) is 101 Å². The summed E-state index contributed by atoms with van der Waals surface area (Å²) in [6, 6.07) is -2.44. The Kier molecular flexibility index (Phi) is 12.6. The van der Waals surface area contributed by atoms with Crippen molar-refractivity contribution in [2.45, 2.75) is 50.5 Å². The highest BCUT2D eigenvalue weighted by atomic mass is 16.6. The van der Waals surface area contributed by atoms with E-state index in [2.05, 4.69) is 10.3 Å². The summed E-state index contributed by atoms with van der Waals surface area (Å²) in [5, 5.41) is 30.9. The first-order valence-electron chi connectivity index (χ1n) is 11.2. The summed E-state index contributed by atoms with van der Waals surface area (Å²) in [6.45, 7) is 2.45. The molecule has 1 rings (SSSR count). The van der Waals surface area contributed by atoms with Crippen molar-refractivity contribution < 1.29 is 39.2 Å². The molecule has 0 unspecified atom stereocenters. The Morgan fingerprint density at radius 1 is 1.17 bits per heavy atom. The third-order valence-corrected chi connectivity index (χ3v) is 5.29. The van der Waals surface area contributed by atoms with E-state index < -0.39 is 66.7 Å². The van der Waals surface area contributed by atoms with Crippen LogP contribution in [0.2, 0.25) is 0 Å². The Morgan fingerprint density at radius 3 is 2.31 bits per heavy atom. The van der Waals surface area contributed by atoms with E-state index in [0.717, 1.165) is 6.08 Å². The molecule has 0 saturated carbocycles. The first-order valence-corrected chi connectivity index (χ1v) is 11.2. The number of nitrogens with two attached hydrogens (primary N) is 4. The number of nitrogens with zero attached hydrogens (tertiary/aromatic N) is 2. The first-order chi connectivity index (χ1) is 16.5. The number of rotatable bonds is 14. The Bertz CT molecular complexity index is 775. The number of amides is 2. The second kappa shape index (κ2) is 14.9. The maximum absolute atomic E-state index is 13.1. The van der Waals surface area contributed by atoms with Crippen LogP contribution in [0.5, 0.6) is 0 Å². The Morgan fingerprint density at radius 2 is 1.80 bits per heavy atom. The van der Waals surface area contributed by atoms with Crippen molar-refractivity contribution in [3.05, 3.63) is 11.8 Å². The number of carbonyl (C=O) groups excluding carboxylic acids is 1. The molecule has 0 aromatic rings. The number of hydrogen-bond acceptors (Lipinski definition) is 9. The van der Waals surface area contributed by atoms with Crippen LogP contribution in [0.3, 0.4) is 0 Å². The van der Waals surface area contributed by atoms with Crippen LogP contribution in [0.15, 0.2) is 16.8 Å². The van der Waals surface area contributed by atoms with Gasteiger partial charge in [-0.15, -0.1) is 0 Å². The second-order valence-corrected chi connectivity index (χ2v) is 8.07. The lowest BCUT2D eigenvalue weighted by atomic mass is 9.89. The summed E-state index contributed by atoms with van der Waals surface area (Å²) in [6.07, 6.45) is -2.07. The molecule has 0 aliphatic carbocycles. The lowest BCUT2D eigenvalue weighted by Crippen LogP contribution is -2.60. The van der Waals surface area contributed by atoms with Gasteiger partial charge in [0.1, 0.15) is 6.10 Å². The Hall–Kier alpha value is -3.30. The first kappa shape index (κ1) is 29.7. The molecule has 1 heterocycles. The molecule has 0 aromatic heterocycles. The van der Waals surface area contributed by atoms with Crippen molar-refractivity contribution in [2.24, 2.45) is 33.8 Å². The van der Waals surface area contributed by atoms with Crippen LogP contribution in [0.25, 0.3) is 0 Å². The summed E-state index contributed by atoms with van der Waals surface area (Å²) < 4.78 is 11.3. The summed E-state index contributed by atoms with van der Waals surface area (Å²) in [5.74, 6) is -3.24. The number of hydrogen-bond donors (Lipinski definition) is 8. The quantitative estimate of drug-likeness (QED) is 0.0738. The average molecular weight is 504 g/mol. The minimum absolute atomic E-state index is 0.291. The molecule has 0 fully saturated rings. The largest absolute Gasteiger partial charge is 0.477 e. The smallest absolute Gasteiger partial charge is 0.410 e. The normalized spacial score (nSPS) is 21.0. The van der Waals surface area contributed by atoms with Crippen LogP contribution in [-0.2, 0) is 14.3 Å². The van der Waals surface area contributed by atoms with E-state index in [1.807, 2.05) is 0 Å². The zero-order valence-corrected chi connectivity index (χ0v) is 19.7. The molecule has 0 bridgehead atoms. The lowest BCUT2D eigenvalue weighted by molar-refractivity contribution is -0.142. The fourth-order valence-corrected chi connectivity index (χ4v) is 3.53. The van der Waals surface area contributed by atoms with Crippen molar-refractivity contribution in [3.63, 3.8) is 0 Å². The predicted molar refractivity (Wildman–Crippen MR) is 125 cm³/mol. The average Bonchev–Trinajstić information content (AvgIpc) is 2.79. The topological polar surface area (TPSA) is 262 Å². The number of aliphatic carboxylic acids is 1. The standard InChI is InChI=1S/C20H37N7O8/c1-11(10-28)15(35-20(33)27(8-4-6-22)7-3-2-5-21)16-14(26-19(31)32)12(25-18(23)24)9-13(34-16)17(29)30/h9,11-12,14-16,26,28H,2-8,10,21-22H2,1H3,(H,29,30)(H,31,32)(H4,23,24,25)/t11-,12+,14-,15-,16-/m1/s1. The zero-order valence-electron chi connectivity index (χ0n) is 19.7. The predicted octanol–water partition coefficient (Wildman–Crippen LogP) is -1.84. The van der Waals surface area contributed by atoms with E-state index in [1.165, 1.54) is 11.8 Å². The number of guanidine groups is 1. The van der Waals surface area contributed by atoms with Crippen molar-refractivity contribution in [3.8, 4) is 0 Å². The van der Waals surface area contributed by atoms with Gasteiger partial charge in [-0.25, -0.2) is 19.4 Å². The van der Waals surface area contributed by atoms with Crippen molar-refractivity contribution in [1.82, 2.24) is 10.2 Å². The van der Waals surface area contributed by atoms with Gasteiger partial charge >= 0.3 is 18.2 Å². The molecule has 15 nitrogen and oxygen atoms in total. The van der Waals surface area contributed by atoms with Gasteiger partial charge in [0.15, 0.2) is 12.1 Å². The van der Waals surface area contributed by atoms with Gasteiger partial charge in [0.2, 0.25) is 5.76 Å². The molecule has 2 amide bonds. The van der Waals surface area contributed by atoms with Gasteiger partial charge in [-0.3, -0.25) is 0 Å². The number of carboxylic acids is 1. The van der Waals surface area contributed by atoms with Crippen molar-refractivity contribution in [1.29, 1.82) is 0 Å². The molecule has 5 atom stereocenters. The number of ether oxygens (including phenoxy) is 2. The molecule has 0 saturated heterocycles. The highest BCUT2D eigenvalue weighted by Crippen LogP contribution is 2.28. The number of aliphatic hydroxyl groups excluding tert-OH is 1. The minimum Gasteiger partial charge on any atom is -0.477 e. The van der Waals surface area contributed by atoms with Crippen LogP contribution >= 0.6 is 0 Å². The lowest BCUT2D eigenvalue weighted by Gasteiger charge is -2.40. The van der Waals surface area contributed by atoms with E-state index in [0.29, 0.717) is 45.4 Å². The highest BCUT2D eigenvalue weighted by Gasteiger charge is 2.46. The van der Waals surface area contributed by atoms with Crippen LogP contribution in [0.4, 0.5) is 9.59 Å². The number of nitrogens with one attached hydrogen (secondary N) is 1. The van der Waals surface area contributed by atoms with Gasteiger partial charge in [0.25, 0.3) is 0 Å². The van der Waals surface area contributed by atoms with Gasteiger partial charge in [0, 0.05) is 25.6 Å². The van der Waals surface area contributed by atoms with Gasteiger partial charge in [-0.05, 0) is 38.4 Å². The van der Waals surface area contributed by atoms with Gasteiger partial charge in [-0.2, -0.15) is 0 Å². The maximum Gasteiger partial charge on any atom is 0.410 e. The van der Waals surface area contributed by atoms with Gasteiger partial charge in [-0.1, -0.05) is 6.92 Å². The summed E-state index contributed by atoms with van der Waals surface area (Å²) >= 11 is 0. The Balaban J connectivity index is 3.37. The molecule has 0 aromatic carbocycles. The Labute approximate surface area is 203 Å². The van der Waals surface area contributed by atoms with Crippen molar-refractivity contribution >= 4 is 24.1 Å². The van der Waals surface area contributed by atoms with Crippen molar-refractivity contribution in [2.75, 3.05) is 32.8 Å². The van der Waals surface area contributed by atoms with Crippen LogP contribution < -0.4 is 28.3 Å². The summed E-state index contributed by atoms with van der Waals surface area (Å²) in [4.78, 5) is 41.6. The number of aliphatic hydroxyl groups is 1. The molecule has 35 heavy (non-hydrogen) atoms. The SMILES string of the molecule is C[C@H](CO)[C@@H](OC(=O)N(CCCN)CCCCN)[C@@H]1OC(C(=O)O)=C[C@H](N=C(N)N)[C@H]1NC(=O)O. The number of carboxylic acid groups (broad SMARTS) is 2. The molecular weight excluding hydrogens is 466 g/mol. The van der Waals surface area contributed by atoms with E-state index in [1.54, 1.807) is 0 Å². The molecule has 200 valence electrons. The number of unbranched alkanes of at least 4 members (excludes halogenated alkanes) is 1. The molecular formula is C20H37N7O8. The molecule has 1 aliphatic heterocycles. The van der Waals surface area contributed by atoms with Gasteiger partial charge < -0.3 is 57.9 Å². The fourth-order valence-electron chi connectivity index (χ4n) is 3.53. The monoisotopic (exact) mass is 503 g/mol. The van der Waals surface area contributed by atoms with E-state index in [-0.39, 0.29) is 0 Å². The number of aliphatic imine (C=N–C) groups is 1. The van der Waals surface area contributed by atoms with Crippen LogP contribution in [0, 0.1) is 5.92 Å². The van der Waals surface area contributed by atoms with Crippen LogP contribution in [0.1, 0.15) is 26.2 Å². The number of carbonyl (C=O) groups is 3. The zero-order chi connectivity index (χ0) is 26.5. The third kappa shape index (κ3) is 9.46. The van der Waals surface area contributed by atoms with E-state index in [9.17, 15) is 29.7 Å². The van der Waals surface area contributed by atoms with E-state index in [4.69, 9.17) is 32.4 Å². The molecule has 12 N–H and O–H groups in total.